The molecule has 0 aliphatic carbocycles. The molecule has 102 valence electrons. The molecular weight excluding hydrogens is 283 g/mol. The quantitative estimate of drug-likeness (QED) is 0.865. The molecule has 1 aromatic rings. The lowest BCUT2D eigenvalue weighted by Crippen LogP contribution is -2.33. The van der Waals surface area contributed by atoms with Crippen molar-refractivity contribution in [3.8, 4) is 0 Å². The summed E-state index contributed by atoms with van der Waals surface area (Å²) in [6.45, 7) is 3.70. The Labute approximate surface area is 122 Å². The fraction of sp³-hybridized carbons (Fsp3) is 0.500. The van der Waals surface area contributed by atoms with Gasteiger partial charge in [0.2, 0.25) is 0 Å². The van der Waals surface area contributed by atoms with Gasteiger partial charge in [-0.2, -0.15) is 0 Å². The fourth-order valence-electron chi connectivity index (χ4n) is 3.08. The minimum atomic E-state index is -0.00345. The third-order valence-corrected chi connectivity index (χ3v) is 4.78. The van der Waals surface area contributed by atoms with E-state index in [1.807, 2.05) is 4.90 Å². The zero-order chi connectivity index (χ0) is 13.5. The van der Waals surface area contributed by atoms with Crippen LogP contribution in [0.1, 0.15) is 23.2 Å². The molecular formula is C14H16Cl2N2O. The standard InChI is InChI=1S/C14H16Cl2N2O/c15-10-1-2-12(16)11(7-10)13(19)18-6-4-14(9-18)3-5-17-8-14/h1-2,7,17H,3-6,8-9H2. The molecule has 2 fully saturated rings. The van der Waals surface area contributed by atoms with Gasteiger partial charge < -0.3 is 10.2 Å². The van der Waals surface area contributed by atoms with Crippen LogP contribution in [-0.4, -0.2) is 37.0 Å². The van der Waals surface area contributed by atoms with Gasteiger partial charge in [-0.15, -0.1) is 0 Å². The largest absolute Gasteiger partial charge is 0.338 e. The maximum absolute atomic E-state index is 12.5. The number of likely N-dealkylation sites (tertiary alicyclic amines) is 1. The van der Waals surface area contributed by atoms with Crippen LogP contribution in [0.15, 0.2) is 18.2 Å². The topological polar surface area (TPSA) is 32.3 Å². The predicted molar refractivity (Wildman–Crippen MR) is 76.9 cm³/mol. The van der Waals surface area contributed by atoms with Crippen molar-refractivity contribution in [3.63, 3.8) is 0 Å². The second-order valence-electron chi connectivity index (χ2n) is 5.53. The number of hydrogen-bond acceptors (Lipinski definition) is 2. The minimum absolute atomic E-state index is 0.00345. The maximum atomic E-state index is 12.5. The summed E-state index contributed by atoms with van der Waals surface area (Å²) in [5.74, 6) is -0.00345. The molecule has 19 heavy (non-hydrogen) atoms. The van der Waals surface area contributed by atoms with E-state index >= 15 is 0 Å². The molecule has 2 saturated heterocycles. The molecule has 2 aliphatic heterocycles. The first-order chi connectivity index (χ1) is 9.10. The molecule has 0 aromatic heterocycles. The highest BCUT2D eigenvalue weighted by atomic mass is 35.5. The molecule has 0 bridgehead atoms. The van der Waals surface area contributed by atoms with Crippen molar-refractivity contribution in [2.24, 2.45) is 5.41 Å². The molecule has 0 radical (unpaired) electrons. The lowest BCUT2D eigenvalue weighted by atomic mass is 9.86. The molecule has 1 unspecified atom stereocenters. The number of rotatable bonds is 1. The van der Waals surface area contributed by atoms with Gasteiger partial charge in [-0.25, -0.2) is 0 Å². The van der Waals surface area contributed by atoms with Gasteiger partial charge in [-0.05, 0) is 37.6 Å². The smallest absolute Gasteiger partial charge is 0.255 e. The summed E-state index contributed by atoms with van der Waals surface area (Å²) in [5, 5.41) is 4.41. The summed E-state index contributed by atoms with van der Waals surface area (Å²) in [5.41, 5.74) is 0.790. The monoisotopic (exact) mass is 298 g/mol. The Kier molecular flexibility index (Phi) is 3.46. The van der Waals surface area contributed by atoms with Crippen LogP contribution >= 0.6 is 23.2 Å². The van der Waals surface area contributed by atoms with E-state index in [2.05, 4.69) is 5.32 Å². The second kappa shape index (κ2) is 4.97. The highest BCUT2D eigenvalue weighted by Crippen LogP contribution is 2.37. The van der Waals surface area contributed by atoms with Crippen LogP contribution in [0.3, 0.4) is 0 Å². The van der Waals surface area contributed by atoms with E-state index < -0.39 is 0 Å². The molecule has 1 aromatic carbocycles. The molecule has 1 atom stereocenters. The number of benzene rings is 1. The highest BCUT2D eigenvalue weighted by Gasteiger charge is 2.42. The maximum Gasteiger partial charge on any atom is 0.255 e. The van der Waals surface area contributed by atoms with Crippen LogP contribution in [0.4, 0.5) is 0 Å². The summed E-state index contributed by atoms with van der Waals surface area (Å²) >= 11 is 12.1. The fourth-order valence-corrected chi connectivity index (χ4v) is 3.45. The first-order valence-electron chi connectivity index (χ1n) is 6.55. The third-order valence-electron chi connectivity index (χ3n) is 4.22. The van der Waals surface area contributed by atoms with Crippen LogP contribution < -0.4 is 5.32 Å². The number of nitrogens with one attached hydrogen (secondary N) is 1. The first-order valence-corrected chi connectivity index (χ1v) is 7.30. The van der Waals surface area contributed by atoms with Crippen LogP contribution in [0.2, 0.25) is 10.0 Å². The van der Waals surface area contributed by atoms with Gasteiger partial charge in [0.1, 0.15) is 0 Å². The Bertz CT molecular complexity index is 512. The Hall–Kier alpha value is -0.770. The van der Waals surface area contributed by atoms with E-state index in [1.165, 1.54) is 0 Å². The normalized spacial score (nSPS) is 26.3. The molecule has 1 amide bonds. The van der Waals surface area contributed by atoms with E-state index in [0.29, 0.717) is 15.6 Å². The van der Waals surface area contributed by atoms with Gasteiger partial charge in [-0.1, -0.05) is 23.2 Å². The molecule has 2 heterocycles. The van der Waals surface area contributed by atoms with Crippen LogP contribution in [-0.2, 0) is 0 Å². The van der Waals surface area contributed by atoms with E-state index in [4.69, 9.17) is 23.2 Å². The Morgan fingerprint density at radius 2 is 2.16 bits per heavy atom. The van der Waals surface area contributed by atoms with Crippen molar-refractivity contribution < 1.29 is 4.79 Å². The van der Waals surface area contributed by atoms with Gasteiger partial charge in [0.05, 0.1) is 10.6 Å². The lowest BCUT2D eigenvalue weighted by molar-refractivity contribution is 0.0776. The van der Waals surface area contributed by atoms with Crippen molar-refractivity contribution >= 4 is 29.1 Å². The van der Waals surface area contributed by atoms with E-state index in [9.17, 15) is 4.79 Å². The van der Waals surface area contributed by atoms with Crippen molar-refractivity contribution in [2.75, 3.05) is 26.2 Å². The molecule has 0 saturated carbocycles. The van der Waals surface area contributed by atoms with E-state index in [0.717, 1.165) is 39.0 Å². The summed E-state index contributed by atoms with van der Waals surface area (Å²) < 4.78 is 0. The highest BCUT2D eigenvalue weighted by molar-refractivity contribution is 6.35. The van der Waals surface area contributed by atoms with Crippen molar-refractivity contribution in [2.45, 2.75) is 12.8 Å². The second-order valence-corrected chi connectivity index (χ2v) is 6.37. The number of halogens is 2. The average Bonchev–Trinajstić information content (AvgIpc) is 3.03. The van der Waals surface area contributed by atoms with Crippen LogP contribution in [0.25, 0.3) is 0 Å². The lowest BCUT2D eigenvalue weighted by Gasteiger charge is -2.23. The SMILES string of the molecule is O=C(c1cc(Cl)ccc1Cl)N1CCC2(CCNC2)C1. The zero-order valence-corrected chi connectivity index (χ0v) is 12.1. The van der Waals surface area contributed by atoms with Crippen LogP contribution in [0.5, 0.6) is 0 Å². The third kappa shape index (κ3) is 2.47. The Morgan fingerprint density at radius 1 is 1.32 bits per heavy atom. The van der Waals surface area contributed by atoms with Crippen LogP contribution in [0, 0.1) is 5.41 Å². The summed E-state index contributed by atoms with van der Waals surface area (Å²) in [4.78, 5) is 14.4. The number of amides is 1. The van der Waals surface area contributed by atoms with E-state index in [-0.39, 0.29) is 11.3 Å². The molecule has 5 heteroatoms. The summed E-state index contributed by atoms with van der Waals surface area (Å²) in [7, 11) is 0. The van der Waals surface area contributed by atoms with Crippen molar-refractivity contribution in [3.05, 3.63) is 33.8 Å². The number of carbonyl (C=O) groups is 1. The van der Waals surface area contributed by atoms with E-state index in [1.54, 1.807) is 18.2 Å². The summed E-state index contributed by atoms with van der Waals surface area (Å²) in [6, 6.07) is 5.04. The van der Waals surface area contributed by atoms with Gasteiger partial charge >= 0.3 is 0 Å². The zero-order valence-electron chi connectivity index (χ0n) is 10.6. The molecule has 1 N–H and O–H groups in total. The van der Waals surface area contributed by atoms with Gasteiger partial charge in [0.15, 0.2) is 0 Å². The van der Waals surface area contributed by atoms with Crippen molar-refractivity contribution in [1.82, 2.24) is 10.2 Å². The first kappa shape index (κ1) is 13.2. The Morgan fingerprint density at radius 3 is 2.89 bits per heavy atom. The molecule has 2 aliphatic rings. The van der Waals surface area contributed by atoms with Gasteiger partial charge in [0.25, 0.3) is 5.91 Å². The minimum Gasteiger partial charge on any atom is -0.338 e. The molecule has 3 rings (SSSR count). The van der Waals surface area contributed by atoms with Crippen molar-refractivity contribution in [1.29, 1.82) is 0 Å². The molecule has 3 nitrogen and oxygen atoms in total. The average molecular weight is 299 g/mol. The Balaban J connectivity index is 1.79. The number of nitrogens with zero attached hydrogens (tertiary/aromatic N) is 1. The van der Waals surface area contributed by atoms with Gasteiger partial charge in [0, 0.05) is 30.1 Å². The summed E-state index contributed by atoms with van der Waals surface area (Å²) in [6.07, 6.45) is 2.23. The molecule has 1 spiro atoms. The number of hydrogen-bond donors (Lipinski definition) is 1. The van der Waals surface area contributed by atoms with Gasteiger partial charge in [-0.3, -0.25) is 4.79 Å². The number of carbonyl (C=O) groups excluding carboxylic acids is 1. The predicted octanol–water partition coefficient (Wildman–Crippen LogP) is 2.82.